The standard InChI is InChI=1S/C56H43N3/c57-56(51-24-8-5-21-47(51)45-19-11-17-41(35-45)43-29-27-37-13-1-3-15-39(37)33-43)52-32-31-50(48-22-6-7-23-49(48)52)55(53-25-9-10-26-54(53)59-58)46-20-12-18-42(36-46)44-30-28-38-14-2-4-16-40(38)34-44/h1-36,47,54,59H,57-58H2/b55-53+,56-51-. The van der Waals surface area contributed by atoms with Crippen LogP contribution >= 0.6 is 0 Å². The zero-order chi connectivity index (χ0) is 39.7. The third-order valence-corrected chi connectivity index (χ3v) is 11.9. The second kappa shape index (κ2) is 15.6. The van der Waals surface area contributed by atoms with Crippen LogP contribution < -0.4 is 17.0 Å². The van der Waals surface area contributed by atoms with Crippen LogP contribution in [0.2, 0.25) is 0 Å². The molecule has 282 valence electrons. The van der Waals surface area contributed by atoms with Crippen molar-refractivity contribution >= 4 is 43.6 Å². The van der Waals surface area contributed by atoms with Crippen LogP contribution in [0.3, 0.4) is 0 Å². The van der Waals surface area contributed by atoms with E-state index in [1.165, 1.54) is 43.8 Å². The fourth-order valence-corrected chi connectivity index (χ4v) is 8.90. The van der Waals surface area contributed by atoms with Crippen LogP contribution in [0.1, 0.15) is 28.2 Å². The van der Waals surface area contributed by atoms with Gasteiger partial charge in [-0.1, -0.05) is 200 Å². The molecule has 10 rings (SSSR count). The Labute approximate surface area is 345 Å². The first kappa shape index (κ1) is 36.1. The average molecular weight is 758 g/mol. The topological polar surface area (TPSA) is 64.1 Å². The summed E-state index contributed by atoms with van der Waals surface area (Å²) in [5.74, 6) is 6.23. The number of hydrazine groups is 1. The fraction of sp³-hybridized carbons (Fsp3) is 0.0357. The van der Waals surface area contributed by atoms with Gasteiger partial charge in [-0.3, -0.25) is 5.84 Å². The molecule has 2 aliphatic carbocycles. The van der Waals surface area contributed by atoms with Gasteiger partial charge < -0.3 is 5.73 Å². The Balaban J connectivity index is 1.09. The molecule has 3 heteroatoms. The van der Waals surface area contributed by atoms with Gasteiger partial charge in [-0.2, -0.15) is 0 Å². The lowest BCUT2D eigenvalue weighted by molar-refractivity contribution is 0.699. The van der Waals surface area contributed by atoms with Gasteiger partial charge in [-0.05, 0) is 106 Å². The molecule has 0 aliphatic heterocycles. The monoisotopic (exact) mass is 757 g/mol. The normalized spacial score (nSPS) is 17.8. The summed E-state index contributed by atoms with van der Waals surface area (Å²) in [5.41, 5.74) is 23.6. The third-order valence-electron chi connectivity index (χ3n) is 11.9. The van der Waals surface area contributed by atoms with Gasteiger partial charge in [0, 0.05) is 17.2 Å². The summed E-state index contributed by atoms with van der Waals surface area (Å²) in [6.07, 6.45) is 17.1. The van der Waals surface area contributed by atoms with E-state index in [1.54, 1.807) is 0 Å². The largest absolute Gasteiger partial charge is 0.398 e. The Kier molecular flexibility index (Phi) is 9.52. The molecule has 8 aromatic rings. The van der Waals surface area contributed by atoms with Crippen molar-refractivity contribution in [3.05, 3.63) is 252 Å². The van der Waals surface area contributed by atoms with Crippen LogP contribution in [-0.2, 0) is 0 Å². The van der Waals surface area contributed by atoms with E-state index in [0.717, 1.165) is 55.4 Å². The van der Waals surface area contributed by atoms with E-state index in [1.807, 2.05) is 6.08 Å². The van der Waals surface area contributed by atoms with Crippen molar-refractivity contribution in [2.45, 2.75) is 12.0 Å². The Morgan fingerprint density at radius 1 is 0.441 bits per heavy atom. The highest BCUT2D eigenvalue weighted by Crippen LogP contribution is 2.41. The molecular weight excluding hydrogens is 715 g/mol. The molecule has 2 aliphatic rings. The highest BCUT2D eigenvalue weighted by molar-refractivity contribution is 6.04. The lowest BCUT2D eigenvalue weighted by Gasteiger charge is -2.24. The SMILES string of the molecule is NNC1C=CC=C/C1=C(/c1cccc(-c2ccc3ccccc3c2)c1)c1ccc(/C(N)=C2\C=CC=CC2c2cccc(-c3ccc4ccccc4c3)c2)c2ccccc12. The number of hydrogen-bond donors (Lipinski definition) is 3. The van der Waals surface area contributed by atoms with Gasteiger partial charge in [0.05, 0.1) is 6.04 Å². The zero-order valence-corrected chi connectivity index (χ0v) is 32.6. The molecule has 3 nitrogen and oxygen atoms in total. The number of rotatable bonds is 7. The summed E-state index contributed by atoms with van der Waals surface area (Å²) in [7, 11) is 0. The Bertz CT molecular complexity index is 3120. The lowest BCUT2D eigenvalue weighted by atomic mass is 9.82. The first-order valence-corrected chi connectivity index (χ1v) is 20.2. The maximum atomic E-state index is 7.36. The van der Waals surface area contributed by atoms with E-state index >= 15 is 0 Å². The van der Waals surface area contributed by atoms with Crippen molar-refractivity contribution in [2.75, 3.05) is 0 Å². The predicted octanol–water partition coefficient (Wildman–Crippen LogP) is 12.8. The second-order valence-corrected chi connectivity index (χ2v) is 15.3. The molecule has 0 heterocycles. The van der Waals surface area contributed by atoms with Crippen molar-refractivity contribution in [3.8, 4) is 22.3 Å². The maximum absolute atomic E-state index is 7.36. The van der Waals surface area contributed by atoms with Crippen LogP contribution in [0, 0.1) is 0 Å². The number of nitrogens with one attached hydrogen (secondary N) is 1. The molecule has 0 saturated heterocycles. The summed E-state index contributed by atoms with van der Waals surface area (Å²) < 4.78 is 0. The fourth-order valence-electron chi connectivity index (χ4n) is 8.90. The average Bonchev–Trinajstić information content (AvgIpc) is 3.31. The number of nitrogens with two attached hydrogens (primary N) is 2. The molecule has 0 aromatic heterocycles. The zero-order valence-electron chi connectivity index (χ0n) is 32.6. The van der Waals surface area contributed by atoms with Crippen LogP contribution in [0.4, 0.5) is 0 Å². The highest BCUT2D eigenvalue weighted by Gasteiger charge is 2.23. The van der Waals surface area contributed by atoms with Gasteiger partial charge >= 0.3 is 0 Å². The van der Waals surface area contributed by atoms with Gasteiger partial charge in [0.25, 0.3) is 0 Å². The van der Waals surface area contributed by atoms with Crippen LogP contribution in [0.25, 0.3) is 65.8 Å². The van der Waals surface area contributed by atoms with Gasteiger partial charge in [-0.15, -0.1) is 0 Å². The summed E-state index contributed by atoms with van der Waals surface area (Å²) in [4.78, 5) is 0. The van der Waals surface area contributed by atoms with Crippen LogP contribution in [0.5, 0.6) is 0 Å². The molecule has 0 fully saturated rings. The van der Waals surface area contributed by atoms with Crippen molar-refractivity contribution in [1.82, 2.24) is 5.43 Å². The minimum absolute atomic E-state index is 0.00933. The summed E-state index contributed by atoms with van der Waals surface area (Å²) in [5, 5.41) is 7.14. The summed E-state index contributed by atoms with van der Waals surface area (Å²) in [6.45, 7) is 0. The molecule has 2 unspecified atom stereocenters. The highest BCUT2D eigenvalue weighted by atomic mass is 15.2. The third kappa shape index (κ3) is 6.83. The number of hydrogen-bond acceptors (Lipinski definition) is 3. The molecule has 2 atom stereocenters. The lowest BCUT2D eigenvalue weighted by Crippen LogP contribution is -2.35. The maximum Gasteiger partial charge on any atom is 0.0650 e. The van der Waals surface area contributed by atoms with E-state index < -0.39 is 0 Å². The summed E-state index contributed by atoms with van der Waals surface area (Å²) in [6, 6.07) is 61.1. The van der Waals surface area contributed by atoms with E-state index in [2.05, 4.69) is 218 Å². The number of fused-ring (bicyclic) bond motifs is 3. The summed E-state index contributed by atoms with van der Waals surface area (Å²) >= 11 is 0. The van der Waals surface area contributed by atoms with E-state index in [4.69, 9.17) is 11.6 Å². The Morgan fingerprint density at radius 2 is 1.00 bits per heavy atom. The van der Waals surface area contributed by atoms with E-state index in [-0.39, 0.29) is 12.0 Å². The van der Waals surface area contributed by atoms with Gasteiger partial charge in [0.15, 0.2) is 0 Å². The van der Waals surface area contributed by atoms with Crippen molar-refractivity contribution in [2.24, 2.45) is 11.6 Å². The van der Waals surface area contributed by atoms with Gasteiger partial charge in [0.2, 0.25) is 0 Å². The molecular formula is C56H43N3. The van der Waals surface area contributed by atoms with Crippen LogP contribution in [-0.4, -0.2) is 6.04 Å². The Hall–Kier alpha value is -7.30. The van der Waals surface area contributed by atoms with Crippen LogP contribution in [0.15, 0.2) is 230 Å². The van der Waals surface area contributed by atoms with E-state index in [0.29, 0.717) is 0 Å². The predicted molar refractivity (Wildman–Crippen MR) is 250 cm³/mol. The van der Waals surface area contributed by atoms with Crippen molar-refractivity contribution in [3.63, 3.8) is 0 Å². The molecule has 0 saturated carbocycles. The molecule has 8 aromatic carbocycles. The number of benzene rings is 8. The second-order valence-electron chi connectivity index (χ2n) is 15.3. The molecule has 5 N–H and O–H groups in total. The van der Waals surface area contributed by atoms with Crippen molar-refractivity contribution < 1.29 is 0 Å². The van der Waals surface area contributed by atoms with Gasteiger partial charge in [0.1, 0.15) is 0 Å². The first-order valence-electron chi connectivity index (χ1n) is 20.2. The first-order chi connectivity index (χ1) is 29.1. The quantitative estimate of drug-likeness (QED) is 0.112. The number of allylic oxidation sites excluding steroid dienone is 7. The smallest absolute Gasteiger partial charge is 0.0650 e. The minimum atomic E-state index is -0.171. The molecule has 0 amide bonds. The van der Waals surface area contributed by atoms with E-state index in [9.17, 15) is 0 Å². The van der Waals surface area contributed by atoms with Gasteiger partial charge in [-0.25, -0.2) is 5.43 Å². The molecule has 0 bridgehead atoms. The Morgan fingerprint density at radius 3 is 1.69 bits per heavy atom. The molecule has 0 spiro atoms. The minimum Gasteiger partial charge on any atom is -0.398 e. The molecule has 59 heavy (non-hydrogen) atoms. The van der Waals surface area contributed by atoms with Crippen molar-refractivity contribution in [1.29, 1.82) is 0 Å². The molecule has 0 radical (unpaired) electrons.